The first kappa shape index (κ1) is 15.2. The van der Waals surface area contributed by atoms with Gasteiger partial charge in [-0.1, -0.05) is 42.5 Å². The van der Waals surface area contributed by atoms with E-state index >= 15 is 0 Å². The minimum absolute atomic E-state index is 0.167. The topological polar surface area (TPSA) is 52.0 Å². The lowest BCUT2D eigenvalue weighted by atomic mass is 10.1. The Labute approximate surface area is 135 Å². The van der Waals surface area contributed by atoms with Crippen LogP contribution in [0.25, 0.3) is 0 Å². The molecule has 0 fully saturated rings. The molecular formula is C18H20N4O. The Balaban J connectivity index is 1.70. The molecule has 3 rings (SSSR count). The summed E-state index contributed by atoms with van der Waals surface area (Å²) in [5.74, 6) is 0.871. The molecule has 1 N–H and O–H groups in total. The zero-order chi connectivity index (χ0) is 15.9. The fraction of sp³-hybridized carbons (Fsp3) is 0.222. The summed E-state index contributed by atoms with van der Waals surface area (Å²) in [7, 11) is 1.68. The van der Waals surface area contributed by atoms with Gasteiger partial charge in [0.25, 0.3) is 0 Å². The van der Waals surface area contributed by atoms with E-state index in [2.05, 4.69) is 51.8 Å². The molecule has 1 atom stereocenters. The summed E-state index contributed by atoms with van der Waals surface area (Å²) >= 11 is 0. The molecule has 1 unspecified atom stereocenters. The van der Waals surface area contributed by atoms with E-state index in [9.17, 15) is 0 Å². The highest BCUT2D eigenvalue weighted by Crippen LogP contribution is 2.16. The number of ether oxygens (including phenoxy) is 1. The Morgan fingerprint density at radius 1 is 1.09 bits per heavy atom. The van der Waals surface area contributed by atoms with E-state index in [1.807, 2.05) is 22.9 Å². The van der Waals surface area contributed by atoms with Gasteiger partial charge in [0.2, 0.25) is 0 Å². The molecule has 0 radical (unpaired) electrons. The SMILES string of the molecule is COc1ccc(CNC(Cn2cncn2)c2ccccc2)cc1. The Morgan fingerprint density at radius 3 is 2.52 bits per heavy atom. The van der Waals surface area contributed by atoms with Gasteiger partial charge in [0.1, 0.15) is 18.4 Å². The number of hydrogen-bond donors (Lipinski definition) is 1. The van der Waals surface area contributed by atoms with E-state index in [4.69, 9.17) is 4.74 Å². The van der Waals surface area contributed by atoms with Gasteiger partial charge in [0.15, 0.2) is 0 Å². The number of nitrogens with zero attached hydrogens (tertiary/aromatic N) is 3. The zero-order valence-corrected chi connectivity index (χ0v) is 13.1. The predicted molar refractivity (Wildman–Crippen MR) is 89.0 cm³/mol. The maximum absolute atomic E-state index is 5.20. The number of hydrogen-bond acceptors (Lipinski definition) is 4. The van der Waals surface area contributed by atoms with Crippen molar-refractivity contribution in [2.45, 2.75) is 19.1 Å². The molecule has 0 amide bonds. The van der Waals surface area contributed by atoms with Crippen molar-refractivity contribution >= 4 is 0 Å². The van der Waals surface area contributed by atoms with E-state index in [0.717, 1.165) is 18.8 Å². The highest BCUT2D eigenvalue weighted by Gasteiger charge is 2.12. The lowest BCUT2D eigenvalue weighted by molar-refractivity contribution is 0.414. The Kier molecular flexibility index (Phi) is 5.01. The third-order valence-corrected chi connectivity index (χ3v) is 3.75. The van der Waals surface area contributed by atoms with Gasteiger partial charge in [-0.25, -0.2) is 4.98 Å². The van der Waals surface area contributed by atoms with Crippen LogP contribution in [0.1, 0.15) is 17.2 Å². The Morgan fingerprint density at radius 2 is 1.87 bits per heavy atom. The fourth-order valence-electron chi connectivity index (χ4n) is 2.47. The average Bonchev–Trinajstić information content (AvgIpc) is 3.13. The second kappa shape index (κ2) is 7.56. The quantitative estimate of drug-likeness (QED) is 0.729. The van der Waals surface area contributed by atoms with E-state index in [-0.39, 0.29) is 6.04 Å². The van der Waals surface area contributed by atoms with Crippen molar-refractivity contribution < 1.29 is 4.74 Å². The number of rotatable bonds is 7. The van der Waals surface area contributed by atoms with Gasteiger partial charge in [0, 0.05) is 6.54 Å². The standard InChI is InChI=1S/C18H20N4O/c1-23-17-9-7-15(8-10-17)11-20-18(12-22-14-19-13-21-22)16-5-3-2-4-6-16/h2-10,13-14,18,20H,11-12H2,1H3. The molecule has 0 aliphatic heterocycles. The summed E-state index contributed by atoms with van der Waals surface area (Å²) in [6.07, 6.45) is 3.30. The summed E-state index contributed by atoms with van der Waals surface area (Å²) in [6, 6.07) is 18.7. The molecule has 0 saturated carbocycles. The van der Waals surface area contributed by atoms with Gasteiger partial charge >= 0.3 is 0 Å². The summed E-state index contributed by atoms with van der Waals surface area (Å²) in [5.41, 5.74) is 2.45. The van der Waals surface area contributed by atoms with Crippen molar-refractivity contribution in [1.82, 2.24) is 20.1 Å². The highest BCUT2D eigenvalue weighted by atomic mass is 16.5. The number of benzene rings is 2. The third kappa shape index (κ3) is 4.17. The van der Waals surface area contributed by atoms with Gasteiger partial charge < -0.3 is 10.1 Å². The van der Waals surface area contributed by atoms with Gasteiger partial charge in [0.05, 0.1) is 19.7 Å². The van der Waals surface area contributed by atoms with Crippen molar-refractivity contribution in [3.63, 3.8) is 0 Å². The molecule has 0 bridgehead atoms. The molecule has 1 heterocycles. The van der Waals surface area contributed by atoms with Crippen LogP contribution in [0.2, 0.25) is 0 Å². The van der Waals surface area contributed by atoms with Crippen LogP contribution in [-0.2, 0) is 13.1 Å². The lowest BCUT2D eigenvalue weighted by Gasteiger charge is -2.19. The van der Waals surface area contributed by atoms with Crippen molar-refractivity contribution in [2.75, 3.05) is 7.11 Å². The van der Waals surface area contributed by atoms with Crippen molar-refractivity contribution in [3.8, 4) is 5.75 Å². The molecule has 5 heteroatoms. The van der Waals surface area contributed by atoms with Crippen LogP contribution in [0, 0.1) is 0 Å². The van der Waals surface area contributed by atoms with Crippen LogP contribution >= 0.6 is 0 Å². The molecule has 1 aromatic heterocycles. The summed E-state index contributed by atoms with van der Waals surface area (Å²) in [5, 5.41) is 7.81. The predicted octanol–water partition coefficient (Wildman–Crippen LogP) is 2.82. The average molecular weight is 308 g/mol. The molecule has 5 nitrogen and oxygen atoms in total. The largest absolute Gasteiger partial charge is 0.497 e. The van der Waals surface area contributed by atoms with Gasteiger partial charge in [-0.05, 0) is 23.3 Å². The first-order valence-corrected chi connectivity index (χ1v) is 7.59. The highest BCUT2D eigenvalue weighted by molar-refractivity contribution is 5.27. The summed E-state index contributed by atoms with van der Waals surface area (Å²) in [6.45, 7) is 1.51. The maximum Gasteiger partial charge on any atom is 0.137 e. The van der Waals surface area contributed by atoms with Crippen molar-refractivity contribution in [2.24, 2.45) is 0 Å². The Hall–Kier alpha value is -2.66. The third-order valence-electron chi connectivity index (χ3n) is 3.75. The zero-order valence-electron chi connectivity index (χ0n) is 13.1. The number of nitrogens with one attached hydrogen (secondary N) is 1. The molecule has 23 heavy (non-hydrogen) atoms. The van der Waals surface area contributed by atoms with Gasteiger partial charge in [-0.15, -0.1) is 0 Å². The molecule has 0 aliphatic carbocycles. The molecule has 0 aliphatic rings. The van der Waals surface area contributed by atoms with Gasteiger partial charge in [-0.2, -0.15) is 5.10 Å². The van der Waals surface area contributed by atoms with Crippen LogP contribution in [0.3, 0.4) is 0 Å². The monoisotopic (exact) mass is 308 g/mol. The first-order valence-electron chi connectivity index (χ1n) is 7.59. The molecular weight excluding hydrogens is 288 g/mol. The molecule has 0 saturated heterocycles. The first-order chi connectivity index (χ1) is 11.3. The Bertz CT molecular complexity index is 696. The summed E-state index contributed by atoms with van der Waals surface area (Å²) in [4.78, 5) is 4.02. The normalized spacial score (nSPS) is 12.0. The van der Waals surface area contributed by atoms with Crippen LogP contribution in [0.5, 0.6) is 5.75 Å². The van der Waals surface area contributed by atoms with Crippen molar-refractivity contribution in [1.29, 1.82) is 0 Å². The second-order valence-corrected chi connectivity index (χ2v) is 5.31. The van der Waals surface area contributed by atoms with Crippen LogP contribution in [-0.4, -0.2) is 21.9 Å². The summed E-state index contributed by atoms with van der Waals surface area (Å²) < 4.78 is 7.04. The van der Waals surface area contributed by atoms with E-state index in [0.29, 0.717) is 0 Å². The number of methoxy groups -OCH3 is 1. The lowest BCUT2D eigenvalue weighted by Crippen LogP contribution is -2.25. The smallest absolute Gasteiger partial charge is 0.137 e. The van der Waals surface area contributed by atoms with Crippen LogP contribution in [0.15, 0.2) is 67.3 Å². The fourth-order valence-corrected chi connectivity index (χ4v) is 2.47. The molecule has 2 aromatic carbocycles. The van der Waals surface area contributed by atoms with Gasteiger partial charge in [-0.3, -0.25) is 4.68 Å². The number of aromatic nitrogens is 3. The maximum atomic E-state index is 5.20. The second-order valence-electron chi connectivity index (χ2n) is 5.31. The van der Waals surface area contributed by atoms with E-state index < -0.39 is 0 Å². The molecule has 3 aromatic rings. The minimum atomic E-state index is 0.167. The van der Waals surface area contributed by atoms with Crippen molar-refractivity contribution in [3.05, 3.63) is 78.4 Å². The molecule has 118 valence electrons. The van der Waals surface area contributed by atoms with Crippen LogP contribution in [0.4, 0.5) is 0 Å². The van der Waals surface area contributed by atoms with E-state index in [1.165, 1.54) is 11.1 Å². The van der Waals surface area contributed by atoms with Crippen LogP contribution < -0.4 is 10.1 Å². The molecule has 0 spiro atoms. The minimum Gasteiger partial charge on any atom is -0.497 e. The van der Waals surface area contributed by atoms with E-state index in [1.54, 1.807) is 19.8 Å².